The molecule has 0 bridgehead atoms. The van der Waals surface area contributed by atoms with Gasteiger partial charge in [0.15, 0.2) is 0 Å². The highest BCUT2D eigenvalue weighted by Crippen LogP contribution is 2.32. The highest BCUT2D eigenvalue weighted by Gasteiger charge is 2.27. The van der Waals surface area contributed by atoms with Gasteiger partial charge in [0, 0.05) is 20.1 Å². The van der Waals surface area contributed by atoms with Crippen molar-refractivity contribution < 1.29 is 9.47 Å². The van der Waals surface area contributed by atoms with E-state index in [-0.39, 0.29) is 0 Å². The van der Waals surface area contributed by atoms with E-state index in [4.69, 9.17) is 17.3 Å². The van der Waals surface area contributed by atoms with Gasteiger partial charge in [-0.3, -0.25) is 0 Å². The summed E-state index contributed by atoms with van der Waals surface area (Å²) >= 11 is 0. The summed E-state index contributed by atoms with van der Waals surface area (Å²) in [5.41, 5.74) is 0. The Labute approximate surface area is 76.0 Å². The Bertz CT molecular complexity index is 130. The summed E-state index contributed by atoms with van der Waals surface area (Å²) in [7, 11) is 9.33. The van der Waals surface area contributed by atoms with Crippen LogP contribution in [0.25, 0.3) is 0 Å². The molecule has 68 valence electrons. The van der Waals surface area contributed by atoms with Crippen LogP contribution in [0.3, 0.4) is 0 Å². The van der Waals surface area contributed by atoms with Crippen molar-refractivity contribution in [3.05, 3.63) is 0 Å². The van der Waals surface area contributed by atoms with Crippen molar-refractivity contribution in [3.8, 4) is 0 Å². The third kappa shape index (κ3) is 2.49. The molecule has 0 saturated heterocycles. The summed E-state index contributed by atoms with van der Waals surface area (Å²) in [6, 6.07) is 0. The highest BCUT2D eigenvalue weighted by atomic mass is 16.5. The Morgan fingerprint density at radius 1 is 1.33 bits per heavy atom. The summed E-state index contributed by atoms with van der Waals surface area (Å²) in [6.07, 6.45) is 3.51. The maximum atomic E-state index is 5.84. The SMILES string of the molecule is [B][C@H]1CCC(COC)C(OC)C1. The molecule has 1 aliphatic carbocycles. The lowest BCUT2D eigenvalue weighted by atomic mass is 9.70. The topological polar surface area (TPSA) is 18.5 Å². The second-order valence-corrected chi connectivity index (χ2v) is 3.56. The fourth-order valence-corrected chi connectivity index (χ4v) is 1.92. The van der Waals surface area contributed by atoms with E-state index in [0.717, 1.165) is 25.9 Å². The van der Waals surface area contributed by atoms with Gasteiger partial charge in [-0.15, -0.1) is 0 Å². The number of hydrogen-bond acceptors (Lipinski definition) is 2. The maximum Gasteiger partial charge on any atom is 0.0700 e. The molecule has 3 atom stereocenters. The van der Waals surface area contributed by atoms with Crippen molar-refractivity contribution in [1.82, 2.24) is 0 Å². The van der Waals surface area contributed by atoms with Gasteiger partial charge in [0.1, 0.15) is 0 Å². The molecule has 1 saturated carbocycles. The lowest BCUT2D eigenvalue weighted by Crippen LogP contribution is -2.32. The highest BCUT2D eigenvalue weighted by molar-refractivity contribution is 6.11. The third-order valence-corrected chi connectivity index (χ3v) is 2.65. The molecule has 0 heterocycles. The fourth-order valence-electron chi connectivity index (χ4n) is 1.92. The molecule has 2 unspecified atom stereocenters. The molecule has 0 N–H and O–H groups in total. The summed E-state index contributed by atoms with van der Waals surface area (Å²) in [5, 5.41) is 0. The molecule has 2 nitrogen and oxygen atoms in total. The van der Waals surface area contributed by atoms with E-state index in [9.17, 15) is 0 Å². The zero-order chi connectivity index (χ0) is 8.97. The van der Waals surface area contributed by atoms with Crippen molar-refractivity contribution in [1.29, 1.82) is 0 Å². The zero-order valence-corrected chi connectivity index (χ0v) is 7.95. The van der Waals surface area contributed by atoms with E-state index in [1.807, 2.05) is 0 Å². The van der Waals surface area contributed by atoms with Crippen LogP contribution in [0.1, 0.15) is 19.3 Å². The van der Waals surface area contributed by atoms with Crippen LogP contribution in [-0.2, 0) is 9.47 Å². The Morgan fingerprint density at radius 3 is 2.67 bits per heavy atom. The molecule has 2 radical (unpaired) electrons. The molecular weight excluding hydrogens is 151 g/mol. The minimum absolute atomic E-state index is 0.300. The lowest BCUT2D eigenvalue weighted by Gasteiger charge is -2.33. The fraction of sp³-hybridized carbons (Fsp3) is 1.00. The van der Waals surface area contributed by atoms with Gasteiger partial charge in [-0.2, -0.15) is 0 Å². The van der Waals surface area contributed by atoms with Crippen LogP contribution >= 0.6 is 0 Å². The molecule has 0 aromatic heterocycles. The van der Waals surface area contributed by atoms with Crippen molar-refractivity contribution in [2.45, 2.75) is 31.2 Å². The Morgan fingerprint density at radius 2 is 2.08 bits per heavy atom. The van der Waals surface area contributed by atoms with E-state index < -0.39 is 0 Å². The normalized spacial score (nSPS) is 36.7. The minimum Gasteiger partial charge on any atom is -0.384 e. The van der Waals surface area contributed by atoms with Crippen LogP contribution in [0.15, 0.2) is 0 Å². The first kappa shape index (κ1) is 10.1. The lowest BCUT2D eigenvalue weighted by molar-refractivity contribution is -0.00925. The molecule has 1 rings (SSSR count). The molecule has 0 spiro atoms. The molecule has 1 aliphatic rings. The van der Waals surface area contributed by atoms with Crippen molar-refractivity contribution in [3.63, 3.8) is 0 Å². The molecule has 0 amide bonds. The van der Waals surface area contributed by atoms with Gasteiger partial charge < -0.3 is 9.47 Å². The van der Waals surface area contributed by atoms with E-state index in [0.29, 0.717) is 17.8 Å². The minimum atomic E-state index is 0.300. The van der Waals surface area contributed by atoms with Gasteiger partial charge in [0.05, 0.1) is 20.6 Å². The molecular formula is C9H17BO2. The third-order valence-electron chi connectivity index (χ3n) is 2.65. The van der Waals surface area contributed by atoms with Gasteiger partial charge in [-0.05, 0) is 12.8 Å². The average Bonchev–Trinajstić information content (AvgIpc) is 2.08. The summed E-state index contributed by atoms with van der Waals surface area (Å²) in [4.78, 5) is 0. The predicted octanol–water partition coefficient (Wildman–Crippen LogP) is 1.40. The predicted molar refractivity (Wildman–Crippen MR) is 49.5 cm³/mol. The van der Waals surface area contributed by atoms with Crippen LogP contribution in [0.4, 0.5) is 0 Å². The molecule has 0 aliphatic heterocycles. The second kappa shape index (κ2) is 4.88. The summed E-state index contributed by atoms with van der Waals surface area (Å²) in [5.74, 6) is 0.864. The Balaban J connectivity index is 2.39. The maximum absolute atomic E-state index is 5.84. The number of rotatable bonds is 3. The van der Waals surface area contributed by atoms with Crippen LogP contribution in [0.5, 0.6) is 0 Å². The average molecular weight is 168 g/mol. The first-order valence-corrected chi connectivity index (χ1v) is 4.55. The van der Waals surface area contributed by atoms with Crippen LogP contribution in [-0.4, -0.2) is 34.8 Å². The Kier molecular flexibility index (Phi) is 4.09. The van der Waals surface area contributed by atoms with Crippen molar-refractivity contribution in [2.75, 3.05) is 20.8 Å². The number of methoxy groups -OCH3 is 2. The number of ether oxygens (including phenoxy) is 2. The standard InChI is InChI=1S/C9H17BO2/c1-11-6-7-3-4-8(10)5-9(7)12-2/h7-9H,3-6H2,1-2H3/t7?,8-,9?/m0/s1. The molecule has 12 heavy (non-hydrogen) atoms. The van der Waals surface area contributed by atoms with Gasteiger partial charge in [-0.25, -0.2) is 0 Å². The second-order valence-electron chi connectivity index (χ2n) is 3.56. The van der Waals surface area contributed by atoms with Crippen LogP contribution < -0.4 is 0 Å². The quantitative estimate of drug-likeness (QED) is 0.593. The largest absolute Gasteiger partial charge is 0.384 e. The van der Waals surface area contributed by atoms with E-state index in [1.165, 1.54) is 0 Å². The molecule has 1 fully saturated rings. The summed E-state index contributed by atoms with van der Waals surface area (Å²) < 4.78 is 10.5. The van der Waals surface area contributed by atoms with Gasteiger partial charge in [0.25, 0.3) is 0 Å². The first-order chi connectivity index (χ1) is 5.77. The summed E-state index contributed by atoms with van der Waals surface area (Å²) in [6.45, 7) is 0.797. The van der Waals surface area contributed by atoms with Crippen molar-refractivity contribution in [2.24, 2.45) is 5.92 Å². The van der Waals surface area contributed by atoms with E-state index in [2.05, 4.69) is 0 Å². The van der Waals surface area contributed by atoms with Crippen LogP contribution in [0.2, 0.25) is 5.82 Å². The first-order valence-electron chi connectivity index (χ1n) is 4.55. The van der Waals surface area contributed by atoms with Crippen molar-refractivity contribution >= 4 is 7.85 Å². The van der Waals surface area contributed by atoms with Gasteiger partial charge in [0.2, 0.25) is 0 Å². The molecule has 0 aromatic carbocycles. The zero-order valence-electron chi connectivity index (χ0n) is 7.95. The molecule has 3 heteroatoms. The van der Waals surface area contributed by atoms with E-state index >= 15 is 0 Å². The van der Waals surface area contributed by atoms with Gasteiger partial charge >= 0.3 is 0 Å². The van der Waals surface area contributed by atoms with Crippen LogP contribution in [0, 0.1) is 5.92 Å². The Hall–Kier alpha value is -0.0151. The molecule has 0 aromatic rings. The van der Waals surface area contributed by atoms with E-state index in [1.54, 1.807) is 14.2 Å². The smallest absolute Gasteiger partial charge is 0.0700 e. The van der Waals surface area contributed by atoms with Gasteiger partial charge in [-0.1, -0.05) is 12.2 Å². The number of hydrogen-bond donors (Lipinski definition) is 0. The monoisotopic (exact) mass is 168 g/mol.